The number of aryl methyl sites for hydroxylation is 1. The molecule has 0 unspecified atom stereocenters. The van der Waals surface area contributed by atoms with E-state index in [0.717, 1.165) is 17.0 Å². The molecule has 4 nitrogen and oxygen atoms in total. The molecule has 0 aliphatic carbocycles. The fourth-order valence-corrected chi connectivity index (χ4v) is 4.97. The van der Waals surface area contributed by atoms with E-state index in [1.54, 1.807) is 23.1 Å². The molecule has 3 rings (SSSR count). The third-order valence-corrected chi connectivity index (χ3v) is 7.36. The number of thioether (sulfide) groups is 1. The van der Waals surface area contributed by atoms with Crippen molar-refractivity contribution >= 4 is 58.2 Å². The Morgan fingerprint density at radius 1 is 1.06 bits per heavy atom. The quantitative estimate of drug-likeness (QED) is 0.347. The molecule has 1 atom stereocenters. The molecule has 3 aromatic rings. The van der Waals surface area contributed by atoms with Crippen LogP contribution in [0.2, 0.25) is 10.0 Å². The summed E-state index contributed by atoms with van der Waals surface area (Å²) in [7, 11) is 0. The Bertz CT molecular complexity index is 1100. The molecule has 1 heterocycles. The van der Waals surface area contributed by atoms with Crippen LogP contribution in [-0.2, 0) is 16.0 Å². The van der Waals surface area contributed by atoms with E-state index < -0.39 is 12.1 Å². The minimum atomic E-state index is -5.19. The van der Waals surface area contributed by atoms with E-state index in [9.17, 15) is 18.0 Å². The number of amides is 1. The van der Waals surface area contributed by atoms with Crippen LogP contribution in [0.5, 0.6) is 0 Å². The van der Waals surface area contributed by atoms with Crippen LogP contribution >= 0.6 is 46.3 Å². The summed E-state index contributed by atoms with van der Waals surface area (Å²) in [6.45, 7) is 2.64. The van der Waals surface area contributed by atoms with E-state index in [4.69, 9.17) is 33.1 Å². The van der Waals surface area contributed by atoms with Gasteiger partial charge in [0, 0.05) is 22.5 Å². The van der Waals surface area contributed by atoms with Crippen molar-refractivity contribution in [2.45, 2.75) is 29.6 Å². The Kier molecular flexibility index (Phi) is 11.4. The van der Waals surface area contributed by atoms with Crippen LogP contribution in [0.4, 0.5) is 13.2 Å². The first-order valence-electron chi connectivity index (χ1n) is 10.2. The molecule has 0 bridgehead atoms. The van der Waals surface area contributed by atoms with E-state index in [2.05, 4.69) is 23.7 Å². The lowest BCUT2D eigenvalue weighted by Crippen LogP contribution is -2.37. The molecule has 0 radical (unpaired) electrons. The molecule has 0 saturated heterocycles. The number of aliphatic carboxylic acids is 1. The lowest BCUT2D eigenvalue weighted by Gasteiger charge is -2.19. The zero-order valence-electron chi connectivity index (χ0n) is 18.4. The van der Waals surface area contributed by atoms with Gasteiger partial charge in [-0.25, -0.2) is 0 Å². The Labute approximate surface area is 219 Å². The molecular formula is C24H21Cl2F3NO3S2-. The van der Waals surface area contributed by atoms with E-state index in [1.165, 1.54) is 15.3 Å². The Hall–Kier alpha value is -2.20. The van der Waals surface area contributed by atoms with Gasteiger partial charge in [0.25, 0.3) is 0 Å². The fourth-order valence-electron chi connectivity index (χ4n) is 2.85. The average molecular weight is 563 g/mol. The highest BCUT2D eigenvalue weighted by Crippen LogP contribution is 2.26. The molecule has 0 saturated carbocycles. The van der Waals surface area contributed by atoms with E-state index in [1.807, 2.05) is 48.5 Å². The molecule has 1 aromatic heterocycles. The van der Waals surface area contributed by atoms with Gasteiger partial charge in [-0.15, -0.1) is 23.1 Å². The average Bonchev–Trinajstić information content (AvgIpc) is 3.22. The zero-order valence-corrected chi connectivity index (χ0v) is 21.5. The van der Waals surface area contributed by atoms with Crippen molar-refractivity contribution in [1.82, 2.24) is 5.32 Å². The number of carboxylic acids is 1. The summed E-state index contributed by atoms with van der Waals surface area (Å²) in [4.78, 5) is 21.1. The highest BCUT2D eigenvalue weighted by atomic mass is 35.5. The molecule has 1 N–H and O–H groups in total. The third-order valence-electron chi connectivity index (χ3n) is 4.57. The summed E-state index contributed by atoms with van der Waals surface area (Å²) in [6, 6.07) is 17.8. The summed E-state index contributed by atoms with van der Waals surface area (Å²) in [5.41, 5.74) is 3.57. The first-order chi connectivity index (χ1) is 16.4. The van der Waals surface area contributed by atoms with Crippen LogP contribution in [0.15, 0.2) is 64.2 Å². The number of benzene rings is 2. The van der Waals surface area contributed by atoms with Crippen molar-refractivity contribution in [2.75, 3.05) is 12.3 Å². The Morgan fingerprint density at radius 2 is 1.60 bits per heavy atom. The van der Waals surface area contributed by atoms with Crippen molar-refractivity contribution in [3.63, 3.8) is 0 Å². The van der Waals surface area contributed by atoms with Gasteiger partial charge in [0.15, 0.2) is 0 Å². The zero-order chi connectivity index (χ0) is 26.0. The van der Waals surface area contributed by atoms with Crippen LogP contribution in [0.1, 0.15) is 22.6 Å². The molecule has 0 aliphatic heterocycles. The Morgan fingerprint density at radius 3 is 2.09 bits per heavy atom. The summed E-state index contributed by atoms with van der Waals surface area (Å²) in [5, 5.41) is 15.4. The molecule has 2 aromatic carbocycles. The van der Waals surface area contributed by atoms with Crippen LogP contribution < -0.4 is 10.4 Å². The second kappa shape index (κ2) is 13.8. The number of carbonyl (C=O) groups is 2. The third kappa shape index (κ3) is 10.9. The largest absolute Gasteiger partial charge is 0.542 e. The minimum absolute atomic E-state index is 0.0473. The summed E-state index contributed by atoms with van der Waals surface area (Å²) >= 11 is 15.3. The maximum absolute atomic E-state index is 12.3. The summed E-state index contributed by atoms with van der Waals surface area (Å²) in [6.07, 6.45) is -4.38. The van der Waals surface area contributed by atoms with Crippen molar-refractivity contribution in [2.24, 2.45) is 0 Å². The monoisotopic (exact) mass is 562 g/mol. The Balaban J connectivity index is 0.000000540. The number of hydrogen-bond donors (Lipinski definition) is 1. The van der Waals surface area contributed by atoms with Crippen LogP contribution in [0.25, 0.3) is 0 Å². The lowest BCUT2D eigenvalue weighted by molar-refractivity contribution is -0.344. The highest BCUT2D eigenvalue weighted by Gasteiger charge is 2.28. The second-order valence-electron chi connectivity index (χ2n) is 7.40. The van der Waals surface area contributed by atoms with Gasteiger partial charge in [0.05, 0.1) is 9.96 Å². The maximum Gasteiger partial charge on any atom is 0.430 e. The van der Waals surface area contributed by atoms with Gasteiger partial charge in [-0.3, -0.25) is 4.79 Å². The standard InChI is InChI=1S/C22H21Cl2NOS2.C2HF3O2/c1-15-10-22(27-13-15)28-14-21(26)25-12-18(17-4-8-20(24)9-5-17)11-16-2-6-19(23)7-3-16;3-2(4,5)1(6)7/h2-10,13,18H,11-12,14H2,1H3,(H,25,26);(H,6,7)/p-1/t18-;/m0./s1. The molecule has 11 heteroatoms. The number of rotatable bonds is 8. The number of carboxylic acid groups (broad SMARTS) is 1. The van der Waals surface area contributed by atoms with Gasteiger partial charge in [-0.05, 0) is 65.7 Å². The fraction of sp³-hybridized carbons (Fsp3) is 0.250. The molecule has 0 fully saturated rings. The molecular weight excluding hydrogens is 542 g/mol. The van der Waals surface area contributed by atoms with E-state index in [0.29, 0.717) is 17.3 Å². The molecule has 1 amide bonds. The number of carbonyl (C=O) groups excluding carboxylic acids is 2. The minimum Gasteiger partial charge on any atom is -0.542 e. The van der Waals surface area contributed by atoms with Crippen molar-refractivity contribution in [1.29, 1.82) is 0 Å². The van der Waals surface area contributed by atoms with Gasteiger partial charge in [-0.1, -0.05) is 47.5 Å². The van der Waals surface area contributed by atoms with Gasteiger partial charge >= 0.3 is 6.18 Å². The van der Waals surface area contributed by atoms with Crippen molar-refractivity contribution in [3.05, 3.63) is 86.7 Å². The predicted molar refractivity (Wildman–Crippen MR) is 133 cm³/mol. The molecule has 0 spiro atoms. The predicted octanol–water partition coefficient (Wildman–Crippen LogP) is 5.90. The van der Waals surface area contributed by atoms with Crippen LogP contribution in [0.3, 0.4) is 0 Å². The number of alkyl halides is 3. The first-order valence-corrected chi connectivity index (χ1v) is 12.8. The molecule has 0 aliphatic rings. The van der Waals surface area contributed by atoms with Gasteiger partial charge in [-0.2, -0.15) is 13.2 Å². The summed E-state index contributed by atoms with van der Waals surface area (Å²) < 4.78 is 32.7. The smallest absolute Gasteiger partial charge is 0.430 e. The molecule has 35 heavy (non-hydrogen) atoms. The number of thiophene rings is 1. The van der Waals surface area contributed by atoms with Gasteiger partial charge in [0.2, 0.25) is 5.91 Å². The SMILES string of the molecule is Cc1csc(SCC(=O)NC[C@H](Cc2ccc(Cl)cc2)c2ccc(Cl)cc2)c1.O=C([O-])C(F)(F)F. The van der Waals surface area contributed by atoms with Crippen molar-refractivity contribution in [3.8, 4) is 0 Å². The molecule has 188 valence electrons. The number of nitrogens with one attached hydrogen (secondary N) is 1. The first kappa shape index (κ1) is 29.0. The highest BCUT2D eigenvalue weighted by molar-refractivity contribution is 8.01. The lowest BCUT2D eigenvalue weighted by atomic mass is 9.92. The maximum atomic E-state index is 12.3. The van der Waals surface area contributed by atoms with Crippen LogP contribution in [-0.4, -0.2) is 30.4 Å². The normalized spacial score (nSPS) is 11.8. The summed E-state index contributed by atoms with van der Waals surface area (Å²) in [5.74, 6) is -2.37. The van der Waals surface area contributed by atoms with Gasteiger partial charge < -0.3 is 15.2 Å². The van der Waals surface area contributed by atoms with E-state index in [-0.39, 0.29) is 11.8 Å². The number of halogens is 5. The second-order valence-corrected chi connectivity index (χ2v) is 10.5. The number of hydrogen-bond acceptors (Lipinski definition) is 5. The van der Waals surface area contributed by atoms with Crippen molar-refractivity contribution < 1.29 is 27.9 Å². The van der Waals surface area contributed by atoms with Crippen LogP contribution in [0, 0.1) is 6.92 Å². The van der Waals surface area contributed by atoms with Gasteiger partial charge in [0.1, 0.15) is 5.97 Å². The van der Waals surface area contributed by atoms with E-state index >= 15 is 0 Å². The topological polar surface area (TPSA) is 69.2 Å².